The topological polar surface area (TPSA) is 83.8 Å². The van der Waals surface area contributed by atoms with Crippen LogP contribution in [0.5, 0.6) is 0 Å². The number of piperazine rings is 1. The zero-order valence-electron chi connectivity index (χ0n) is 15.3. The fourth-order valence-electron chi connectivity index (χ4n) is 3.16. The van der Waals surface area contributed by atoms with Crippen molar-refractivity contribution in [2.75, 3.05) is 14.1 Å². The van der Waals surface area contributed by atoms with Crippen molar-refractivity contribution in [1.82, 2.24) is 9.80 Å². The summed E-state index contributed by atoms with van der Waals surface area (Å²) in [5.41, 5.74) is -0.0447. The maximum atomic E-state index is 14.2. The molecule has 0 saturated carbocycles. The largest absolute Gasteiger partial charge is 0.328 e. The molecule has 0 aromatic heterocycles. The van der Waals surface area contributed by atoms with E-state index in [1.54, 1.807) is 0 Å². The molecule has 0 spiro atoms. The Morgan fingerprint density at radius 2 is 1.79 bits per heavy atom. The van der Waals surface area contributed by atoms with Crippen molar-refractivity contribution in [2.24, 2.45) is 0 Å². The Hall–Kier alpha value is -3.55. The van der Waals surface area contributed by atoms with Crippen LogP contribution in [-0.2, 0) is 16.0 Å². The van der Waals surface area contributed by atoms with Crippen LogP contribution >= 0.6 is 0 Å². The van der Waals surface area contributed by atoms with Crippen LogP contribution in [0.15, 0.2) is 54.2 Å². The molecule has 28 heavy (non-hydrogen) atoms. The van der Waals surface area contributed by atoms with Crippen molar-refractivity contribution in [3.05, 3.63) is 81.3 Å². The summed E-state index contributed by atoms with van der Waals surface area (Å²) in [7, 11) is 2.90. The third kappa shape index (κ3) is 3.48. The number of halogens is 1. The van der Waals surface area contributed by atoms with E-state index in [4.69, 9.17) is 0 Å². The summed E-state index contributed by atoms with van der Waals surface area (Å²) >= 11 is 0. The van der Waals surface area contributed by atoms with Crippen molar-refractivity contribution in [3.8, 4) is 0 Å². The Labute approximate surface area is 160 Å². The molecule has 8 heteroatoms. The van der Waals surface area contributed by atoms with Gasteiger partial charge >= 0.3 is 0 Å². The minimum atomic E-state index is -0.843. The first-order valence-electron chi connectivity index (χ1n) is 8.54. The Morgan fingerprint density at radius 1 is 1.11 bits per heavy atom. The van der Waals surface area contributed by atoms with E-state index in [2.05, 4.69) is 0 Å². The number of carbonyl (C=O) groups excluding carboxylic acids is 2. The molecule has 1 unspecified atom stereocenters. The summed E-state index contributed by atoms with van der Waals surface area (Å²) in [5, 5.41) is 11.2. The summed E-state index contributed by atoms with van der Waals surface area (Å²) in [5.74, 6) is -1.71. The SMILES string of the molecule is CN1C(=O)C(Cc2ccccc2)N(C)C(=O)C1=Cc1c(F)cccc1[N+](=O)[O-]. The molecule has 3 rings (SSSR count). The second kappa shape index (κ2) is 7.59. The minimum Gasteiger partial charge on any atom is -0.328 e. The summed E-state index contributed by atoms with van der Waals surface area (Å²) in [6.45, 7) is 0. The standard InChI is InChI=1S/C20H18FN3O4/c1-22-17(11-13-7-4-3-5-8-13)19(25)23(2)18(20(22)26)12-14-15(21)9-6-10-16(14)24(27)28/h3-10,12,17H,11H2,1-2H3. The maximum Gasteiger partial charge on any atom is 0.279 e. The number of hydrogen-bond donors (Lipinski definition) is 0. The molecule has 2 amide bonds. The predicted octanol–water partition coefficient (Wildman–Crippen LogP) is 2.62. The van der Waals surface area contributed by atoms with E-state index in [0.717, 1.165) is 28.7 Å². The molecule has 1 aliphatic heterocycles. The normalized spacial score (nSPS) is 18.7. The quantitative estimate of drug-likeness (QED) is 0.462. The van der Waals surface area contributed by atoms with Crippen LogP contribution in [0.25, 0.3) is 6.08 Å². The van der Waals surface area contributed by atoms with Crippen LogP contribution in [-0.4, -0.2) is 46.7 Å². The summed E-state index contributed by atoms with van der Waals surface area (Å²) < 4.78 is 14.2. The maximum absolute atomic E-state index is 14.2. The van der Waals surface area contributed by atoms with Crippen LogP contribution in [0, 0.1) is 15.9 Å². The monoisotopic (exact) mass is 383 g/mol. The second-order valence-corrected chi connectivity index (χ2v) is 6.48. The van der Waals surface area contributed by atoms with Gasteiger partial charge in [0.1, 0.15) is 17.6 Å². The van der Waals surface area contributed by atoms with E-state index in [0.29, 0.717) is 6.42 Å². The number of carbonyl (C=O) groups is 2. The lowest BCUT2D eigenvalue weighted by Gasteiger charge is -2.38. The number of hydrogen-bond acceptors (Lipinski definition) is 4. The van der Waals surface area contributed by atoms with Crippen LogP contribution in [0.2, 0.25) is 0 Å². The van der Waals surface area contributed by atoms with Crippen LogP contribution < -0.4 is 0 Å². The van der Waals surface area contributed by atoms with Gasteiger partial charge in [-0.05, 0) is 17.7 Å². The van der Waals surface area contributed by atoms with Gasteiger partial charge in [-0.2, -0.15) is 0 Å². The van der Waals surface area contributed by atoms with Gasteiger partial charge in [0, 0.05) is 26.6 Å². The molecular weight excluding hydrogens is 365 g/mol. The van der Waals surface area contributed by atoms with E-state index in [1.807, 2.05) is 30.3 Å². The van der Waals surface area contributed by atoms with Crippen molar-refractivity contribution >= 4 is 23.6 Å². The first-order valence-corrected chi connectivity index (χ1v) is 8.54. The van der Waals surface area contributed by atoms with E-state index >= 15 is 0 Å². The number of likely N-dealkylation sites (N-methyl/N-ethyl adjacent to an activating group) is 2. The Bertz CT molecular complexity index is 975. The van der Waals surface area contributed by atoms with Crippen LogP contribution in [0.4, 0.5) is 10.1 Å². The summed E-state index contributed by atoms with van der Waals surface area (Å²) in [6, 6.07) is 12.0. The second-order valence-electron chi connectivity index (χ2n) is 6.48. The zero-order chi connectivity index (χ0) is 20.4. The molecule has 1 atom stereocenters. The van der Waals surface area contributed by atoms with E-state index in [-0.39, 0.29) is 17.2 Å². The highest BCUT2D eigenvalue weighted by atomic mass is 19.1. The summed E-state index contributed by atoms with van der Waals surface area (Å²) in [6.07, 6.45) is 1.39. The molecule has 0 radical (unpaired) electrons. The van der Waals surface area contributed by atoms with E-state index in [9.17, 15) is 24.1 Å². The van der Waals surface area contributed by atoms with Gasteiger partial charge in [0.05, 0.1) is 10.5 Å². The van der Waals surface area contributed by atoms with Gasteiger partial charge in [-0.15, -0.1) is 0 Å². The lowest BCUT2D eigenvalue weighted by molar-refractivity contribution is -0.385. The lowest BCUT2D eigenvalue weighted by atomic mass is 10.00. The molecule has 0 aliphatic carbocycles. The smallest absolute Gasteiger partial charge is 0.279 e. The molecule has 2 aromatic carbocycles. The minimum absolute atomic E-state index is 0.120. The van der Waals surface area contributed by atoms with E-state index in [1.165, 1.54) is 25.1 Å². The molecule has 1 aliphatic rings. The first-order chi connectivity index (χ1) is 13.3. The Kier molecular flexibility index (Phi) is 5.21. The highest BCUT2D eigenvalue weighted by Gasteiger charge is 2.39. The molecule has 144 valence electrons. The highest BCUT2D eigenvalue weighted by molar-refractivity contribution is 6.07. The number of rotatable bonds is 4. The molecule has 1 saturated heterocycles. The Balaban J connectivity index is 1.98. The number of nitrogens with zero attached hydrogens (tertiary/aromatic N) is 3. The third-order valence-electron chi connectivity index (χ3n) is 4.76. The van der Waals surface area contributed by atoms with Crippen molar-refractivity contribution in [1.29, 1.82) is 0 Å². The predicted molar refractivity (Wildman–Crippen MR) is 101 cm³/mol. The van der Waals surface area contributed by atoms with Crippen molar-refractivity contribution < 1.29 is 18.9 Å². The number of amides is 2. The molecule has 2 aromatic rings. The van der Waals surface area contributed by atoms with E-state index < -0.39 is 28.4 Å². The number of nitro groups is 1. The van der Waals surface area contributed by atoms with Crippen molar-refractivity contribution in [2.45, 2.75) is 12.5 Å². The number of benzene rings is 2. The molecule has 1 fully saturated rings. The molecule has 0 N–H and O–H groups in total. The molecule has 0 bridgehead atoms. The van der Waals surface area contributed by atoms with Gasteiger partial charge in [0.15, 0.2) is 0 Å². The average Bonchev–Trinajstić information content (AvgIpc) is 2.68. The molecular formula is C20H18FN3O4. The van der Waals surface area contributed by atoms with Gasteiger partial charge in [-0.25, -0.2) is 4.39 Å². The molecule has 1 heterocycles. The lowest BCUT2D eigenvalue weighted by Crippen LogP contribution is -2.56. The first kappa shape index (κ1) is 19.2. The average molecular weight is 383 g/mol. The fourth-order valence-corrected chi connectivity index (χ4v) is 3.16. The van der Waals surface area contributed by atoms with Gasteiger partial charge in [0.25, 0.3) is 11.6 Å². The van der Waals surface area contributed by atoms with Crippen molar-refractivity contribution in [3.63, 3.8) is 0 Å². The van der Waals surface area contributed by atoms with Crippen LogP contribution in [0.1, 0.15) is 11.1 Å². The number of nitro benzene ring substituents is 1. The van der Waals surface area contributed by atoms with Gasteiger partial charge in [0.2, 0.25) is 5.91 Å². The summed E-state index contributed by atoms with van der Waals surface area (Å²) in [4.78, 5) is 38.6. The Morgan fingerprint density at radius 3 is 2.43 bits per heavy atom. The highest BCUT2D eigenvalue weighted by Crippen LogP contribution is 2.28. The zero-order valence-corrected chi connectivity index (χ0v) is 15.3. The third-order valence-corrected chi connectivity index (χ3v) is 4.76. The van der Waals surface area contributed by atoms with Gasteiger partial charge in [-0.1, -0.05) is 36.4 Å². The van der Waals surface area contributed by atoms with Gasteiger partial charge in [-0.3, -0.25) is 19.7 Å². The van der Waals surface area contributed by atoms with Gasteiger partial charge < -0.3 is 9.80 Å². The fraction of sp³-hybridized carbons (Fsp3) is 0.200. The molecule has 7 nitrogen and oxygen atoms in total. The van der Waals surface area contributed by atoms with Crippen LogP contribution in [0.3, 0.4) is 0 Å².